The van der Waals surface area contributed by atoms with E-state index >= 15 is 0 Å². The largest absolute Gasteiger partial charge is 0.368 e. The highest BCUT2D eigenvalue weighted by Crippen LogP contribution is 2.31. The first kappa shape index (κ1) is 22.9. The van der Waals surface area contributed by atoms with Crippen LogP contribution < -0.4 is 14.9 Å². The van der Waals surface area contributed by atoms with Crippen molar-refractivity contribution in [2.75, 3.05) is 23.3 Å². The standard InChI is InChI=1S/C19H24ClFN4O3S/c1-19(2,21)11-16(18(22)26)25(14-7-10-17(23-12-14)24(3)4)29(27,28)15-8-5-13(20)6-9-15/h5-10,12,16H,11H2,1-4H3,(H2,22,26). The Kier molecular flexibility index (Phi) is 6.74. The molecule has 0 aliphatic rings. The van der Waals surface area contributed by atoms with Crippen molar-refractivity contribution >= 4 is 39.0 Å². The third-order valence-electron chi connectivity index (χ3n) is 4.11. The van der Waals surface area contributed by atoms with E-state index in [4.69, 9.17) is 17.3 Å². The lowest BCUT2D eigenvalue weighted by atomic mass is 10.00. The number of carbonyl (C=O) groups is 1. The van der Waals surface area contributed by atoms with Crippen LogP contribution in [0.4, 0.5) is 15.9 Å². The van der Waals surface area contributed by atoms with Gasteiger partial charge in [-0.15, -0.1) is 0 Å². The van der Waals surface area contributed by atoms with Gasteiger partial charge in [0, 0.05) is 25.5 Å². The minimum atomic E-state index is -4.27. The number of amides is 1. The molecule has 1 heterocycles. The second-order valence-electron chi connectivity index (χ2n) is 7.36. The number of anilines is 2. The average molecular weight is 443 g/mol. The van der Waals surface area contributed by atoms with Crippen molar-refractivity contribution in [2.24, 2.45) is 5.73 Å². The van der Waals surface area contributed by atoms with Crippen LogP contribution in [0.3, 0.4) is 0 Å². The first-order chi connectivity index (χ1) is 13.3. The van der Waals surface area contributed by atoms with Crippen molar-refractivity contribution in [3.8, 4) is 0 Å². The number of nitrogens with zero attached hydrogens (tertiary/aromatic N) is 3. The van der Waals surface area contributed by atoms with Gasteiger partial charge in [0.25, 0.3) is 10.0 Å². The highest BCUT2D eigenvalue weighted by atomic mass is 35.5. The molecule has 1 unspecified atom stereocenters. The summed E-state index contributed by atoms with van der Waals surface area (Å²) < 4.78 is 42.1. The summed E-state index contributed by atoms with van der Waals surface area (Å²) in [5.41, 5.74) is 3.75. The second-order valence-corrected chi connectivity index (χ2v) is 9.62. The summed E-state index contributed by atoms with van der Waals surface area (Å²) in [6.45, 7) is 2.51. The maximum absolute atomic E-state index is 14.4. The van der Waals surface area contributed by atoms with E-state index in [1.165, 1.54) is 50.4 Å². The van der Waals surface area contributed by atoms with Crippen LogP contribution in [-0.2, 0) is 14.8 Å². The molecule has 7 nitrogen and oxygen atoms in total. The number of pyridine rings is 1. The summed E-state index contributed by atoms with van der Waals surface area (Å²) in [4.78, 5) is 18.0. The zero-order valence-corrected chi connectivity index (χ0v) is 18.2. The lowest BCUT2D eigenvalue weighted by Crippen LogP contribution is -2.50. The van der Waals surface area contributed by atoms with E-state index in [1.807, 2.05) is 0 Å². The fourth-order valence-corrected chi connectivity index (χ4v) is 4.47. The summed E-state index contributed by atoms with van der Waals surface area (Å²) in [6.07, 6.45) is 0.883. The summed E-state index contributed by atoms with van der Waals surface area (Å²) in [7, 11) is -0.707. The number of nitrogens with two attached hydrogens (primary N) is 1. The summed E-state index contributed by atoms with van der Waals surface area (Å²) in [5, 5.41) is 0.351. The van der Waals surface area contributed by atoms with Gasteiger partial charge in [0.05, 0.1) is 16.8 Å². The predicted molar refractivity (Wildman–Crippen MR) is 112 cm³/mol. The van der Waals surface area contributed by atoms with Crippen molar-refractivity contribution in [3.05, 3.63) is 47.6 Å². The van der Waals surface area contributed by atoms with Crippen LogP contribution in [-0.4, -0.2) is 45.1 Å². The Balaban J connectivity index is 2.66. The van der Waals surface area contributed by atoms with Crippen molar-refractivity contribution in [3.63, 3.8) is 0 Å². The van der Waals surface area contributed by atoms with Crippen LogP contribution in [0.25, 0.3) is 0 Å². The van der Waals surface area contributed by atoms with Crippen LogP contribution in [0, 0.1) is 0 Å². The Morgan fingerprint density at radius 3 is 2.21 bits per heavy atom. The monoisotopic (exact) mass is 442 g/mol. The molecule has 0 saturated heterocycles. The number of primary amides is 1. The average Bonchev–Trinajstić information content (AvgIpc) is 2.60. The van der Waals surface area contributed by atoms with Crippen LogP contribution >= 0.6 is 11.6 Å². The van der Waals surface area contributed by atoms with Gasteiger partial charge in [-0.3, -0.25) is 9.10 Å². The smallest absolute Gasteiger partial charge is 0.265 e. The number of carbonyl (C=O) groups excluding carboxylic acids is 1. The molecule has 158 valence electrons. The van der Waals surface area contributed by atoms with Gasteiger partial charge >= 0.3 is 0 Å². The molecule has 2 aromatic rings. The first-order valence-corrected chi connectivity index (χ1v) is 10.6. The zero-order valence-electron chi connectivity index (χ0n) is 16.6. The third-order valence-corrected chi connectivity index (χ3v) is 6.21. The molecule has 1 amide bonds. The zero-order chi connectivity index (χ0) is 22.0. The van der Waals surface area contributed by atoms with Crippen LogP contribution in [0.15, 0.2) is 47.5 Å². The van der Waals surface area contributed by atoms with Gasteiger partial charge in [-0.1, -0.05) is 11.6 Å². The number of halogens is 2. The number of hydrogen-bond donors (Lipinski definition) is 1. The number of benzene rings is 1. The topological polar surface area (TPSA) is 96.6 Å². The Bertz CT molecular complexity index is 958. The van der Waals surface area contributed by atoms with Crippen molar-refractivity contribution in [1.29, 1.82) is 0 Å². The van der Waals surface area contributed by atoms with Gasteiger partial charge in [0.2, 0.25) is 5.91 Å². The van der Waals surface area contributed by atoms with Gasteiger partial charge < -0.3 is 10.6 Å². The molecule has 0 spiro atoms. The van der Waals surface area contributed by atoms with Gasteiger partial charge in [-0.05, 0) is 50.2 Å². The van der Waals surface area contributed by atoms with E-state index in [9.17, 15) is 17.6 Å². The summed E-state index contributed by atoms with van der Waals surface area (Å²) >= 11 is 5.86. The number of hydrogen-bond acceptors (Lipinski definition) is 5. The molecule has 0 bridgehead atoms. The predicted octanol–water partition coefficient (Wildman–Crippen LogP) is 2.99. The molecule has 0 aliphatic heterocycles. The van der Waals surface area contributed by atoms with Crippen LogP contribution in [0.2, 0.25) is 5.02 Å². The SMILES string of the molecule is CN(C)c1ccc(N(C(CC(C)(C)F)C(N)=O)S(=O)(=O)c2ccc(Cl)cc2)cn1. The quantitative estimate of drug-likeness (QED) is 0.677. The summed E-state index contributed by atoms with van der Waals surface area (Å²) in [5.74, 6) is -0.385. The van der Waals surface area contributed by atoms with E-state index in [1.54, 1.807) is 25.1 Å². The van der Waals surface area contributed by atoms with E-state index in [0.717, 1.165) is 4.31 Å². The Hall–Kier alpha value is -2.39. The number of sulfonamides is 1. The maximum atomic E-state index is 14.4. The minimum Gasteiger partial charge on any atom is -0.368 e. The molecule has 0 saturated carbocycles. The molecule has 2 N–H and O–H groups in total. The Labute approximate surface area is 175 Å². The first-order valence-electron chi connectivity index (χ1n) is 8.74. The molecule has 1 aromatic carbocycles. The fraction of sp³-hybridized carbons (Fsp3) is 0.368. The van der Waals surface area contributed by atoms with Crippen LogP contribution in [0.1, 0.15) is 20.3 Å². The molecule has 0 fully saturated rings. The van der Waals surface area contributed by atoms with E-state index in [-0.39, 0.29) is 10.6 Å². The third kappa shape index (κ3) is 5.57. The van der Waals surface area contributed by atoms with Gasteiger partial charge in [0.15, 0.2) is 0 Å². The van der Waals surface area contributed by atoms with E-state index < -0.39 is 34.1 Å². The molecule has 0 aliphatic carbocycles. The van der Waals surface area contributed by atoms with Gasteiger partial charge in [-0.25, -0.2) is 17.8 Å². The highest BCUT2D eigenvalue weighted by Gasteiger charge is 2.39. The number of rotatable bonds is 8. The fourth-order valence-electron chi connectivity index (χ4n) is 2.74. The Morgan fingerprint density at radius 2 is 1.79 bits per heavy atom. The van der Waals surface area contributed by atoms with Crippen molar-refractivity contribution in [2.45, 2.75) is 36.9 Å². The molecule has 0 radical (unpaired) electrons. The molecule has 1 aromatic heterocycles. The second kappa shape index (κ2) is 8.54. The van der Waals surface area contributed by atoms with Crippen LogP contribution in [0.5, 0.6) is 0 Å². The Morgan fingerprint density at radius 1 is 1.21 bits per heavy atom. The van der Waals surface area contributed by atoms with E-state index in [0.29, 0.717) is 10.8 Å². The lowest BCUT2D eigenvalue weighted by Gasteiger charge is -2.33. The minimum absolute atomic E-state index is 0.0959. The lowest BCUT2D eigenvalue weighted by molar-refractivity contribution is -0.119. The molecule has 29 heavy (non-hydrogen) atoms. The van der Waals surface area contributed by atoms with Gasteiger partial charge in [-0.2, -0.15) is 0 Å². The number of aromatic nitrogens is 1. The van der Waals surface area contributed by atoms with Crippen molar-refractivity contribution < 1.29 is 17.6 Å². The molecular weight excluding hydrogens is 419 g/mol. The molecule has 1 atom stereocenters. The van der Waals surface area contributed by atoms with Crippen molar-refractivity contribution in [1.82, 2.24) is 4.98 Å². The molecule has 2 rings (SSSR count). The number of alkyl halides is 1. The highest BCUT2D eigenvalue weighted by molar-refractivity contribution is 7.93. The normalized spacial score (nSPS) is 13.0. The maximum Gasteiger partial charge on any atom is 0.265 e. The van der Waals surface area contributed by atoms with E-state index in [2.05, 4.69) is 4.98 Å². The van der Waals surface area contributed by atoms with Gasteiger partial charge in [0.1, 0.15) is 17.5 Å². The molecular formula is C19H24ClFN4O3S. The molecule has 10 heteroatoms. The summed E-state index contributed by atoms with van der Waals surface area (Å²) in [6, 6.07) is 7.09.